The minimum absolute atomic E-state index is 0.406. The van der Waals surface area contributed by atoms with E-state index in [0.717, 1.165) is 22.6 Å². The largest absolute Gasteiger partial charge is 0.490 e. The lowest BCUT2D eigenvalue weighted by atomic mass is 10.1. The Balaban J connectivity index is 2.53. The quantitative estimate of drug-likeness (QED) is 0.249. The van der Waals surface area contributed by atoms with Crippen LogP contribution in [0.2, 0.25) is 0 Å². The Morgan fingerprint density at radius 3 is 2.52 bits per heavy atom. The summed E-state index contributed by atoms with van der Waals surface area (Å²) in [6, 6.07) is 4.04. The second-order valence-corrected chi connectivity index (χ2v) is 4.47. The van der Waals surface area contributed by atoms with Gasteiger partial charge < -0.3 is 19.6 Å². The van der Waals surface area contributed by atoms with Crippen molar-refractivity contribution in [3.8, 4) is 5.75 Å². The Hall–Kier alpha value is -2.01. The fourth-order valence-electron chi connectivity index (χ4n) is 1.87. The van der Waals surface area contributed by atoms with Gasteiger partial charge in [-0.05, 0) is 44.0 Å². The second-order valence-electron chi connectivity index (χ2n) is 4.47. The molecule has 0 heterocycles. The third-order valence-corrected chi connectivity index (χ3v) is 2.81. The summed E-state index contributed by atoms with van der Waals surface area (Å²) < 4.78 is 11.0. The molecule has 0 radical (unpaired) electrons. The van der Waals surface area contributed by atoms with Crippen LogP contribution in [0.3, 0.4) is 0 Å². The van der Waals surface area contributed by atoms with Crippen molar-refractivity contribution in [3.05, 3.63) is 35.4 Å². The SMILES string of the molecule is C/C=C/COc1cc(C)c(NCOCC=NOC)c(C)c1. The lowest BCUT2D eigenvalue weighted by molar-refractivity contribution is 0.182. The van der Waals surface area contributed by atoms with Gasteiger partial charge in [0.1, 0.15) is 26.2 Å². The zero-order valence-corrected chi connectivity index (χ0v) is 13.2. The number of ether oxygens (including phenoxy) is 2. The first-order valence-electron chi connectivity index (χ1n) is 6.90. The molecule has 0 bridgehead atoms. The van der Waals surface area contributed by atoms with Gasteiger partial charge in [0.2, 0.25) is 0 Å². The van der Waals surface area contributed by atoms with E-state index in [-0.39, 0.29) is 0 Å². The van der Waals surface area contributed by atoms with Crippen LogP contribution in [0, 0.1) is 13.8 Å². The van der Waals surface area contributed by atoms with Crippen LogP contribution in [0.15, 0.2) is 29.4 Å². The molecule has 1 N–H and O–H groups in total. The summed E-state index contributed by atoms with van der Waals surface area (Å²) in [5, 5.41) is 6.86. The van der Waals surface area contributed by atoms with Crippen LogP contribution in [-0.4, -0.2) is 33.3 Å². The Morgan fingerprint density at radius 1 is 1.19 bits per heavy atom. The van der Waals surface area contributed by atoms with Gasteiger partial charge >= 0.3 is 0 Å². The number of aryl methyl sites for hydroxylation is 2. The number of nitrogens with one attached hydrogen (secondary N) is 1. The molecule has 0 aliphatic carbocycles. The molecule has 0 fully saturated rings. The molecule has 0 saturated heterocycles. The van der Waals surface area contributed by atoms with Gasteiger partial charge in [-0.3, -0.25) is 0 Å². The first-order valence-corrected chi connectivity index (χ1v) is 6.90. The maximum atomic E-state index is 5.66. The second kappa shape index (κ2) is 9.83. The van der Waals surface area contributed by atoms with Gasteiger partial charge in [-0.2, -0.15) is 0 Å². The first-order chi connectivity index (χ1) is 10.2. The van der Waals surface area contributed by atoms with E-state index in [1.807, 2.05) is 45.1 Å². The molecule has 0 unspecified atom stereocenters. The molecule has 0 saturated carbocycles. The van der Waals surface area contributed by atoms with E-state index in [1.54, 1.807) is 6.21 Å². The minimum atomic E-state index is 0.406. The zero-order chi connectivity index (χ0) is 15.5. The maximum absolute atomic E-state index is 5.66. The zero-order valence-electron chi connectivity index (χ0n) is 13.2. The van der Waals surface area contributed by atoms with Crippen LogP contribution in [0.5, 0.6) is 5.75 Å². The highest BCUT2D eigenvalue weighted by molar-refractivity contribution is 5.60. The van der Waals surface area contributed by atoms with Crippen molar-refractivity contribution in [2.24, 2.45) is 5.16 Å². The van der Waals surface area contributed by atoms with Gasteiger partial charge in [0.25, 0.3) is 0 Å². The summed E-state index contributed by atoms with van der Waals surface area (Å²) in [5.74, 6) is 0.877. The van der Waals surface area contributed by atoms with Crippen LogP contribution < -0.4 is 10.1 Å². The van der Waals surface area contributed by atoms with E-state index in [0.29, 0.717) is 19.9 Å². The maximum Gasteiger partial charge on any atom is 0.120 e. The number of oxime groups is 1. The summed E-state index contributed by atoms with van der Waals surface area (Å²) in [7, 11) is 1.50. The molecule has 0 atom stereocenters. The van der Waals surface area contributed by atoms with Crippen molar-refractivity contribution in [2.75, 3.05) is 32.4 Å². The molecule has 0 spiro atoms. The number of benzene rings is 1. The Labute approximate surface area is 126 Å². The van der Waals surface area contributed by atoms with Crippen LogP contribution in [-0.2, 0) is 9.57 Å². The predicted octanol–water partition coefficient (Wildman–Crippen LogP) is 3.28. The molecular formula is C16H24N2O3. The summed E-state index contributed by atoms with van der Waals surface area (Å²) in [6.07, 6.45) is 5.52. The number of nitrogens with zero attached hydrogens (tertiary/aromatic N) is 1. The molecule has 0 aliphatic heterocycles. The molecular weight excluding hydrogens is 268 g/mol. The van der Waals surface area contributed by atoms with E-state index in [2.05, 4.69) is 15.3 Å². The van der Waals surface area contributed by atoms with E-state index >= 15 is 0 Å². The van der Waals surface area contributed by atoms with Gasteiger partial charge in [0.05, 0.1) is 12.8 Å². The van der Waals surface area contributed by atoms with E-state index in [4.69, 9.17) is 9.47 Å². The van der Waals surface area contributed by atoms with Crippen LogP contribution in [0.4, 0.5) is 5.69 Å². The highest BCUT2D eigenvalue weighted by Gasteiger charge is 2.05. The van der Waals surface area contributed by atoms with Crippen LogP contribution in [0.1, 0.15) is 18.1 Å². The van der Waals surface area contributed by atoms with Gasteiger partial charge in [-0.1, -0.05) is 17.3 Å². The number of allylic oxidation sites excluding steroid dienone is 1. The average Bonchev–Trinajstić information content (AvgIpc) is 2.45. The Bertz CT molecular complexity index is 461. The number of hydrogen-bond donors (Lipinski definition) is 1. The molecule has 5 heteroatoms. The van der Waals surface area contributed by atoms with Gasteiger partial charge in [0, 0.05) is 5.69 Å². The van der Waals surface area contributed by atoms with Crippen molar-refractivity contribution >= 4 is 11.9 Å². The lowest BCUT2D eigenvalue weighted by Crippen LogP contribution is -2.10. The molecule has 1 rings (SSSR count). The summed E-state index contributed by atoms with van der Waals surface area (Å²) in [6.45, 7) is 7.47. The monoisotopic (exact) mass is 292 g/mol. The molecule has 21 heavy (non-hydrogen) atoms. The Kier molecular flexibility index (Phi) is 7.97. The van der Waals surface area contributed by atoms with Gasteiger partial charge in [-0.15, -0.1) is 0 Å². The molecule has 0 aromatic heterocycles. The van der Waals surface area contributed by atoms with E-state index < -0.39 is 0 Å². The fraction of sp³-hybridized carbons (Fsp3) is 0.438. The molecule has 0 aliphatic rings. The van der Waals surface area contributed by atoms with Crippen molar-refractivity contribution in [2.45, 2.75) is 20.8 Å². The van der Waals surface area contributed by atoms with Gasteiger partial charge in [-0.25, -0.2) is 0 Å². The molecule has 5 nitrogen and oxygen atoms in total. The summed E-state index contributed by atoms with van der Waals surface area (Å²) in [5.41, 5.74) is 3.32. The standard InChI is InChI=1S/C16H24N2O3/c1-5-6-8-21-15-10-13(2)16(14(3)11-15)17-12-20-9-7-18-19-4/h5-7,10-11,17H,8-9,12H2,1-4H3/b6-5+,18-7?. The third-order valence-electron chi connectivity index (χ3n) is 2.81. The molecule has 1 aromatic carbocycles. The lowest BCUT2D eigenvalue weighted by Gasteiger charge is -2.14. The normalized spacial score (nSPS) is 11.2. The third kappa shape index (κ3) is 6.31. The topological polar surface area (TPSA) is 52.1 Å². The highest BCUT2D eigenvalue weighted by atomic mass is 16.6. The van der Waals surface area contributed by atoms with Crippen LogP contribution >= 0.6 is 0 Å². The first kappa shape index (κ1) is 17.0. The van der Waals surface area contributed by atoms with Crippen LogP contribution in [0.25, 0.3) is 0 Å². The van der Waals surface area contributed by atoms with Crippen molar-refractivity contribution in [1.82, 2.24) is 0 Å². The Morgan fingerprint density at radius 2 is 1.90 bits per heavy atom. The smallest absolute Gasteiger partial charge is 0.120 e. The van der Waals surface area contributed by atoms with Gasteiger partial charge in [0.15, 0.2) is 0 Å². The number of anilines is 1. The van der Waals surface area contributed by atoms with E-state index in [1.165, 1.54) is 7.11 Å². The van der Waals surface area contributed by atoms with Crippen molar-refractivity contribution < 1.29 is 14.3 Å². The molecule has 0 amide bonds. The fourth-order valence-corrected chi connectivity index (χ4v) is 1.87. The molecule has 116 valence electrons. The number of hydrogen-bond acceptors (Lipinski definition) is 5. The minimum Gasteiger partial charge on any atom is -0.490 e. The van der Waals surface area contributed by atoms with Crippen molar-refractivity contribution in [3.63, 3.8) is 0 Å². The van der Waals surface area contributed by atoms with E-state index in [9.17, 15) is 0 Å². The van der Waals surface area contributed by atoms with Crippen molar-refractivity contribution in [1.29, 1.82) is 0 Å². The predicted molar refractivity (Wildman–Crippen MR) is 86.2 cm³/mol. The summed E-state index contributed by atoms with van der Waals surface area (Å²) >= 11 is 0. The average molecular weight is 292 g/mol. The number of rotatable bonds is 9. The molecule has 1 aromatic rings. The highest BCUT2D eigenvalue weighted by Crippen LogP contribution is 2.26. The summed E-state index contributed by atoms with van der Waals surface area (Å²) in [4.78, 5) is 4.55.